The fourth-order valence-electron chi connectivity index (χ4n) is 2.08. The number of ether oxygens (including phenoxy) is 1. The van der Waals surface area contributed by atoms with Crippen LogP contribution < -0.4 is 10.0 Å². The topological polar surface area (TPSA) is 109 Å². The van der Waals surface area contributed by atoms with Crippen molar-refractivity contribution in [3.8, 4) is 0 Å². The van der Waals surface area contributed by atoms with Crippen LogP contribution in [0.4, 0.5) is 0 Å². The summed E-state index contributed by atoms with van der Waals surface area (Å²) in [4.78, 5) is 6.28. The van der Waals surface area contributed by atoms with Gasteiger partial charge in [-0.2, -0.15) is 8.75 Å². The predicted octanol–water partition coefficient (Wildman–Crippen LogP) is -0.208. The quantitative estimate of drug-likeness (QED) is 0.763. The summed E-state index contributed by atoms with van der Waals surface area (Å²) in [5.41, 5.74) is 0.922. The van der Waals surface area contributed by atoms with Crippen molar-refractivity contribution in [1.82, 2.24) is 23.7 Å². The summed E-state index contributed by atoms with van der Waals surface area (Å²) in [6, 6.07) is 4.86. The Labute approximate surface area is 137 Å². The van der Waals surface area contributed by atoms with E-state index < -0.39 is 10.0 Å². The molecule has 1 aromatic carbocycles. The molecule has 1 aliphatic rings. The van der Waals surface area contributed by atoms with Crippen molar-refractivity contribution < 1.29 is 13.2 Å². The van der Waals surface area contributed by atoms with Crippen LogP contribution >= 0.6 is 11.7 Å². The van der Waals surface area contributed by atoms with E-state index in [1.54, 1.807) is 19.2 Å². The van der Waals surface area contributed by atoms with Crippen LogP contribution in [-0.4, -0.2) is 61.6 Å². The van der Waals surface area contributed by atoms with Gasteiger partial charge >= 0.3 is 0 Å². The van der Waals surface area contributed by atoms with Gasteiger partial charge in [-0.3, -0.25) is 4.90 Å². The van der Waals surface area contributed by atoms with Gasteiger partial charge < -0.3 is 10.1 Å². The van der Waals surface area contributed by atoms with Gasteiger partial charge in [0.15, 0.2) is 0 Å². The second-order valence-corrected chi connectivity index (χ2v) is 7.04. The number of hydrogen-bond acceptors (Lipinski definition) is 9. The van der Waals surface area contributed by atoms with Crippen LogP contribution in [0.2, 0.25) is 0 Å². The summed E-state index contributed by atoms with van der Waals surface area (Å²) in [6.07, 6.45) is 0. The van der Waals surface area contributed by atoms with Crippen LogP contribution in [0.25, 0.3) is 11.0 Å². The normalized spacial score (nSPS) is 16.1. The minimum atomic E-state index is -3.77. The van der Waals surface area contributed by atoms with Crippen LogP contribution in [0, 0.1) is 0 Å². The molecule has 124 valence electrons. The average Bonchev–Trinajstić information content (AvgIpc) is 3.02. The molecular formula is C12H16N6O3S2. The second kappa shape index (κ2) is 6.74. The lowest BCUT2D eigenvalue weighted by Crippen LogP contribution is -2.50. The van der Waals surface area contributed by atoms with Crippen molar-refractivity contribution in [2.75, 3.05) is 33.6 Å². The Morgan fingerprint density at radius 1 is 1.43 bits per heavy atom. The van der Waals surface area contributed by atoms with Crippen LogP contribution in [-0.2, 0) is 14.8 Å². The molecule has 0 saturated carbocycles. The van der Waals surface area contributed by atoms with E-state index in [-0.39, 0.29) is 10.9 Å². The van der Waals surface area contributed by atoms with Crippen molar-refractivity contribution in [2.24, 2.45) is 4.99 Å². The van der Waals surface area contributed by atoms with Crippen LogP contribution in [0.5, 0.6) is 0 Å². The predicted molar refractivity (Wildman–Crippen MR) is 86.6 cm³/mol. The third kappa shape index (κ3) is 3.58. The minimum Gasteiger partial charge on any atom is -0.383 e. The fourth-order valence-corrected chi connectivity index (χ4v) is 3.85. The van der Waals surface area contributed by atoms with Gasteiger partial charge in [0.05, 0.1) is 31.7 Å². The maximum absolute atomic E-state index is 12.5. The number of benzene rings is 1. The molecule has 0 atom stereocenters. The first-order valence-corrected chi connectivity index (χ1v) is 9.05. The molecule has 23 heavy (non-hydrogen) atoms. The maximum atomic E-state index is 12.5. The molecule has 1 aliphatic heterocycles. The highest BCUT2D eigenvalue weighted by molar-refractivity contribution is 7.90. The van der Waals surface area contributed by atoms with E-state index in [0.717, 1.165) is 18.3 Å². The molecule has 2 heterocycles. The molecule has 11 heteroatoms. The smallest absolute Gasteiger partial charge is 0.266 e. The Hall–Kier alpha value is -1.82. The highest BCUT2D eigenvalue weighted by Crippen LogP contribution is 2.20. The van der Waals surface area contributed by atoms with Gasteiger partial charge in [0.2, 0.25) is 5.96 Å². The minimum absolute atomic E-state index is 0.0927. The Morgan fingerprint density at radius 3 is 3.04 bits per heavy atom. The third-order valence-electron chi connectivity index (χ3n) is 3.28. The highest BCUT2D eigenvalue weighted by atomic mass is 32.2. The Kier molecular flexibility index (Phi) is 4.71. The summed E-state index contributed by atoms with van der Waals surface area (Å²) in [7, 11) is -2.14. The first-order valence-electron chi connectivity index (χ1n) is 6.84. The number of aromatic nitrogens is 2. The number of hydrogen-bond donors (Lipinski definition) is 2. The van der Waals surface area contributed by atoms with E-state index in [0.29, 0.717) is 31.0 Å². The van der Waals surface area contributed by atoms with Gasteiger partial charge in [-0.15, -0.1) is 0 Å². The number of rotatable bonds is 5. The lowest BCUT2D eigenvalue weighted by molar-refractivity contribution is 0.144. The average molecular weight is 356 g/mol. The van der Waals surface area contributed by atoms with Crippen molar-refractivity contribution in [3.05, 3.63) is 18.2 Å². The van der Waals surface area contributed by atoms with Gasteiger partial charge in [-0.05, 0) is 12.1 Å². The van der Waals surface area contributed by atoms with E-state index >= 15 is 0 Å². The van der Waals surface area contributed by atoms with Gasteiger partial charge in [-0.1, -0.05) is 6.07 Å². The Morgan fingerprint density at radius 2 is 2.30 bits per heavy atom. The largest absolute Gasteiger partial charge is 0.383 e. The molecule has 0 amide bonds. The second-order valence-electron chi connectivity index (χ2n) is 4.86. The molecule has 0 bridgehead atoms. The number of guanidine groups is 1. The third-order valence-corrected chi connectivity index (χ3v) is 5.19. The van der Waals surface area contributed by atoms with E-state index in [4.69, 9.17) is 4.74 Å². The molecule has 1 aromatic heterocycles. The number of aliphatic imine (C=N–C) groups is 1. The van der Waals surface area contributed by atoms with Crippen molar-refractivity contribution >= 4 is 38.7 Å². The Balaban J connectivity index is 1.75. The van der Waals surface area contributed by atoms with Gasteiger partial charge in [-0.25, -0.2) is 18.1 Å². The van der Waals surface area contributed by atoms with Crippen molar-refractivity contribution in [1.29, 1.82) is 0 Å². The molecular weight excluding hydrogens is 340 g/mol. The summed E-state index contributed by atoms with van der Waals surface area (Å²) in [5.74, 6) is 0.221. The molecule has 3 rings (SSSR count). The number of nitrogens with zero attached hydrogens (tertiary/aromatic N) is 4. The zero-order chi connectivity index (χ0) is 16.3. The zero-order valence-corrected chi connectivity index (χ0v) is 14.0. The standard InChI is InChI=1S/C12H16N6O3S2/c1-21-6-5-18-7-13-12(14-8-18)17-23(19,20)10-4-2-3-9-11(10)16-22-15-9/h2-4H,5-8H2,1H3,(H2,13,14,17). The van der Waals surface area contributed by atoms with Crippen molar-refractivity contribution in [3.63, 3.8) is 0 Å². The molecule has 0 spiro atoms. The van der Waals surface area contributed by atoms with Crippen LogP contribution in [0.3, 0.4) is 0 Å². The zero-order valence-electron chi connectivity index (χ0n) is 12.4. The summed E-state index contributed by atoms with van der Waals surface area (Å²) in [5, 5.41) is 2.94. The number of fused-ring (bicyclic) bond motifs is 1. The molecule has 0 radical (unpaired) electrons. The van der Waals surface area contributed by atoms with E-state index in [1.165, 1.54) is 6.07 Å². The molecule has 9 nitrogen and oxygen atoms in total. The van der Waals surface area contributed by atoms with Crippen LogP contribution in [0.1, 0.15) is 0 Å². The molecule has 0 fully saturated rings. The highest BCUT2D eigenvalue weighted by Gasteiger charge is 2.22. The fraction of sp³-hybridized carbons (Fsp3) is 0.417. The van der Waals surface area contributed by atoms with Gasteiger partial charge in [0.25, 0.3) is 10.0 Å². The lowest BCUT2D eigenvalue weighted by atomic mass is 10.3. The first kappa shape index (κ1) is 16.1. The SMILES string of the molecule is COCCN1CN=C(NS(=O)(=O)c2cccc3nsnc23)NC1. The van der Waals surface area contributed by atoms with Crippen molar-refractivity contribution in [2.45, 2.75) is 4.90 Å². The van der Waals surface area contributed by atoms with Gasteiger partial charge in [0, 0.05) is 13.7 Å². The molecule has 0 saturated heterocycles. The van der Waals surface area contributed by atoms with E-state index in [9.17, 15) is 8.42 Å². The monoisotopic (exact) mass is 356 g/mol. The molecule has 0 unspecified atom stereocenters. The van der Waals surface area contributed by atoms with E-state index in [1.807, 2.05) is 4.90 Å². The molecule has 2 aromatic rings. The van der Waals surface area contributed by atoms with E-state index in [2.05, 4.69) is 23.8 Å². The van der Waals surface area contributed by atoms with Crippen LogP contribution in [0.15, 0.2) is 28.1 Å². The molecule has 2 N–H and O–H groups in total. The number of sulfonamides is 1. The molecule has 0 aliphatic carbocycles. The van der Waals surface area contributed by atoms with Gasteiger partial charge in [0.1, 0.15) is 15.9 Å². The summed E-state index contributed by atoms with van der Waals surface area (Å²) >= 11 is 0.980. The summed E-state index contributed by atoms with van der Waals surface area (Å²) in [6.45, 7) is 2.21. The number of nitrogens with one attached hydrogen (secondary N) is 2. The Bertz CT molecular complexity index is 819. The number of methoxy groups -OCH3 is 1. The summed E-state index contributed by atoms with van der Waals surface area (Å²) < 4.78 is 40.6. The maximum Gasteiger partial charge on any atom is 0.266 e. The lowest BCUT2D eigenvalue weighted by Gasteiger charge is -2.26. The first-order chi connectivity index (χ1) is 11.1.